The highest BCUT2D eigenvalue weighted by Gasteiger charge is 2.19. The number of nitrogens with zero attached hydrogens (tertiary/aromatic N) is 1. The first-order valence-electron chi connectivity index (χ1n) is 10.2. The molecule has 1 N–H and O–H groups in total. The van der Waals surface area contributed by atoms with Crippen LogP contribution in [0.2, 0.25) is 0 Å². The van der Waals surface area contributed by atoms with Crippen molar-refractivity contribution in [1.29, 1.82) is 0 Å². The molecule has 0 saturated heterocycles. The van der Waals surface area contributed by atoms with Gasteiger partial charge in [-0.1, -0.05) is 47.5 Å². The van der Waals surface area contributed by atoms with Crippen molar-refractivity contribution in [1.82, 2.24) is 4.83 Å². The Hall–Kier alpha value is -3.32. The summed E-state index contributed by atoms with van der Waals surface area (Å²) in [6.07, 6.45) is 1.43. The molecule has 0 aliphatic carbocycles. The van der Waals surface area contributed by atoms with Gasteiger partial charge in [0.25, 0.3) is 10.0 Å². The van der Waals surface area contributed by atoms with E-state index in [1.54, 1.807) is 39.2 Å². The molecule has 0 bridgehead atoms. The topological polar surface area (TPSA) is 77.0 Å². The lowest BCUT2D eigenvalue weighted by Gasteiger charge is -2.12. The van der Waals surface area contributed by atoms with Gasteiger partial charge in [0.15, 0.2) is 11.5 Å². The maximum atomic E-state index is 12.7. The number of rotatable bonds is 8. The maximum absolute atomic E-state index is 12.7. The molecule has 0 fully saturated rings. The first-order valence-corrected chi connectivity index (χ1v) is 11.7. The van der Waals surface area contributed by atoms with Crippen molar-refractivity contribution >= 4 is 16.2 Å². The molecule has 0 atom stereocenters. The van der Waals surface area contributed by atoms with E-state index in [0.29, 0.717) is 34.8 Å². The molecule has 0 spiro atoms. The van der Waals surface area contributed by atoms with Gasteiger partial charge in [-0.05, 0) is 68.1 Å². The van der Waals surface area contributed by atoms with Gasteiger partial charge in [-0.25, -0.2) is 4.83 Å². The second kappa shape index (κ2) is 9.87. The van der Waals surface area contributed by atoms with Crippen molar-refractivity contribution in [3.05, 3.63) is 88.0 Å². The Bertz CT molecular complexity index is 1210. The van der Waals surface area contributed by atoms with Crippen LogP contribution in [0.1, 0.15) is 33.4 Å². The lowest BCUT2D eigenvalue weighted by Crippen LogP contribution is -2.20. The van der Waals surface area contributed by atoms with Crippen molar-refractivity contribution in [2.75, 3.05) is 7.11 Å². The highest BCUT2D eigenvalue weighted by Crippen LogP contribution is 2.28. The normalized spacial score (nSPS) is 11.5. The zero-order chi connectivity index (χ0) is 23.3. The molecule has 0 aliphatic rings. The van der Waals surface area contributed by atoms with Crippen LogP contribution in [0, 0.1) is 27.7 Å². The van der Waals surface area contributed by atoms with Gasteiger partial charge in [-0.15, -0.1) is 0 Å². The number of ether oxygens (including phenoxy) is 2. The fraction of sp³-hybridized carbons (Fsp3) is 0.240. The van der Waals surface area contributed by atoms with Gasteiger partial charge in [0.1, 0.15) is 6.61 Å². The van der Waals surface area contributed by atoms with Gasteiger partial charge in [-0.3, -0.25) is 0 Å². The van der Waals surface area contributed by atoms with Crippen LogP contribution in [0.5, 0.6) is 11.5 Å². The lowest BCUT2D eigenvalue weighted by molar-refractivity contribution is 0.284. The minimum absolute atomic E-state index is 0.248. The van der Waals surface area contributed by atoms with Crippen LogP contribution in [-0.4, -0.2) is 21.7 Å². The molecule has 0 unspecified atom stereocenters. The monoisotopic (exact) mass is 452 g/mol. The zero-order valence-corrected chi connectivity index (χ0v) is 19.8. The van der Waals surface area contributed by atoms with E-state index in [1.807, 2.05) is 50.2 Å². The maximum Gasteiger partial charge on any atom is 0.277 e. The van der Waals surface area contributed by atoms with Crippen molar-refractivity contribution in [3.63, 3.8) is 0 Å². The zero-order valence-electron chi connectivity index (χ0n) is 19.0. The Labute approximate surface area is 190 Å². The molecule has 0 amide bonds. The Kier molecular flexibility index (Phi) is 7.20. The van der Waals surface area contributed by atoms with Crippen molar-refractivity contribution in [2.24, 2.45) is 5.10 Å². The SMILES string of the molecule is COc1cc(/C=N/NS(=O)(=O)c2c(C)cc(C)cc2C)ccc1OCc1ccc(C)cc1. The third kappa shape index (κ3) is 5.68. The number of nitrogens with one attached hydrogen (secondary N) is 1. The number of hydrogen-bond acceptors (Lipinski definition) is 5. The summed E-state index contributed by atoms with van der Waals surface area (Å²) in [5.41, 5.74) is 5.30. The lowest BCUT2D eigenvalue weighted by atomic mass is 10.1. The number of sulfonamides is 1. The molecule has 32 heavy (non-hydrogen) atoms. The van der Waals surface area contributed by atoms with Crippen molar-refractivity contribution in [2.45, 2.75) is 39.2 Å². The third-order valence-electron chi connectivity index (χ3n) is 4.96. The number of benzene rings is 3. The summed E-state index contributed by atoms with van der Waals surface area (Å²) in [6.45, 7) is 7.94. The van der Waals surface area contributed by atoms with Gasteiger partial charge >= 0.3 is 0 Å². The average molecular weight is 453 g/mol. The Morgan fingerprint density at radius 3 is 2.16 bits per heavy atom. The minimum atomic E-state index is -3.78. The molecule has 0 aromatic heterocycles. The summed E-state index contributed by atoms with van der Waals surface area (Å²) in [5.74, 6) is 1.13. The molecule has 7 heteroatoms. The van der Waals surface area contributed by atoms with Gasteiger partial charge in [0.2, 0.25) is 0 Å². The Morgan fingerprint density at radius 1 is 0.875 bits per heavy atom. The van der Waals surface area contributed by atoms with E-state index in [0.717, 1.165) is 11.1 Å². The van der Waals surface area contributed by atoms with Crippen LogP contribution in [-0.2, 0) is 16.6 Å². The quantitative estimate of drug-likeness (QED) is 0.393. The highest BCUT2D eigenvalue weighted by atomic mass is 32.2. The van der Waals surface area contributed by atoms with Crippen molar-refractivity contribution < 1.29 is 17.9 Å². The number of methoxy groups -OCH3 is 1. The Balaban J connectivity index is 1.71. The van der Waals surface area contributed by atoms with E-state index in [-0.39, 0.29) is 4.90 Å². The Morgan fingerprint density at radius 2 is 1.53 bits per heavy atom. The number of hydrazone groups is 1. The van der Waals surface area contributed by atoms with E-state index in [1.165, 1.54) is 11.8 Å². The molecule has 0 heterocycles. The molecule has 0 aliphatic heterocycles. The molecule has 3 aromatic rings. The van der Waals surface area contributed by atoms with Crippen molar-refractivity contribution in [3.8, 4) is 11.5 Å². The summed E-state index contributed by atoms with van der Waals surface area (Å²) in [4.78, 5) is 2.55. The smallest absolute Gasteiger partial charge is 0.277 e. The molecular formula is C25H28N2O4S. The first kappa shape index (κ1) is 23.3. The van der Waals surface area contributed by atoms with Crippen LogP contribution < -0.4 is 14.3 Å². The van der Waals surface area contributed by atoms with E-state index >= 15 is 0 Å². The van der Waals surface area contributed by atoms with Gasteiger partial charge in [0.05, 0.1) is 18.2 Å². The van der Waals surface area contributed by atoms with E-state index in [4.69, 9.17) is 9.47 Å². The second-order valence-electron chi connectivity index (χ2n) is 7.77. The van der Waals surface area contributed by atoms with E-state index in [9.17, 15) is 8.42 Å². The molecule has 0 saturated carbocycles. The second-order valence-corrected chi connectivity index (χ2v) is 9.36. The largest absolute Gasteiger partial charge is 0.493 e. The highest BCUT2D eigenvalue weighted by molar-refractivity contribution is 7.89. The van der Waals surface area contributed by atoms with Gasteiger partial charge < -0.3 is 9.47 Å². The van der Waals surface area contributed by atoms with E-state index < -0.39 is 10.0 Å². The van der Waals surface area contributed by atoms with Crippen LogP contribution in [0.4, 0.5) is 0 Å². The summed E-state index contributed by atoms with van der Waals surface area (Å²) in [7, 11) is -2.22. The third-order valence-corrected chi connectivity index (χ3v) is 6.49. The fourth-order valence-corrected chi connectivity index (χ4v) is 4.78. The number of hydrogen-bond donors (Lipinski definition) is 1. The van der Waals surface area contributed by atoms with Gasteiger partial charge in [-0.2, -0.15) is 13.5 Å². The van der Waals surface area contributed by atoms with Crippen LogP contribution in [0.3, 0.4) is 0 Å². The molecule has 6 nitrogen and oxygen atoms in total. The molecule has 3 rings (SSSR count). The summed E-state index contributed by atoms with van der Waals surface area (Å²) >= 11 is 0. The minimum Gasteiger partial charge on any atom is -0.493 e. The predicted molar refractivity (Wildman–Crippen MR) is 127 cm³/mol. The average Bonchev–Trinajstić information content (AvgIpc) is 2.72. The van der Waals surface area contributed by atoms with Gasteiger partial charge in [0, 0.05) is 0 Å². The first-order chi connectivity index (χ1) is 15.2. The van der Waals surface area contributed by atoms with E-state index in [2.05, 4.69) is 9.93 Å². The summed E-state index contributed by atoms with van der Waals surface area (Å²) < 4.78 is 36.8. The van der Waals surface area contributed by atoms with Crippen LogP contribution >= 0.6 is 0 Å². The predicted octanol–water partition coefficient (Wildman–Crippen LogP) is 4.82. The number of aryl methyl sites for hydroxylation is 4. The molecule has 168 valence electrons. The summed E-state index contributed by atoms with van der Waals surface area (Å²) in [6, 6.07) is 17.1. The fourth-order valence-electron chi connectivity index (χ4n) is 3.54. The summed E-state index contributed by atoms with van der Waals surface area (Å²) in [5, 5.41) is 3.94. The molecular weight excluding hydrogens is 424 g/mol. The molecule has 3 aromatic carbocycles. The van der Waals surface area contributed by atoms with Crippen LogP contribution in [0.25, 0.3) is 0 Å². The van der Waals surface area contributed by atoms with Crippen LogP contribution in [0.15, 0.2) is 64.6 Å². The molecule has 0 radical (unpaired) electrons. The standard InChI is InChI=1S/C25H28N2O4S/c1-17-6-8-21(9-7-17)16-31-23-11-10-22(14-24(23)30-5)15-26-27-32(28,29)25-19(3)12-18(2)13-20(25)4/h6-15,27H,16H2,1-5H3/b26-15+.